The lowest BCUT2D eigenvalue weighted by Crippen LogP contribution is -2.09. The Morgan fingerprint density at radius 3 is 2.78 bits per heavy atom. The first-order valence-electron chi connectivity index (χ1n) is 5.46. The average Bonchev–Trinajstić information content (AvgIpc) is 2.38. The van der Waals surface area contributed by atoms with Crippen LogP contribution in [0, 0.1) is 6.92 Å². The molecule has 1 aromatic rings. The predicted octanol–water partition coefficient (Wildman–Crippen LogP) is 2.93. The zero-order chi connectivity index (χ0) is 13.5. The summed E-state index contributed by atoms with van der Waals surface area (Å²) in [5, 5.41) is 13.8. The van der Waals surface area contributed by atoms with Crippen molar-refractivity contribution >= 4 is 17.3 Å². The Labute approximate surface area is 106 Å². The molecule has 1 N–H and O–H groups in total. The first-order chi connectivity index (χ1) is 8.58. The van der Waals surface area contributed by atoms with E-state index < -0.39 is 0 Å². The van der Waals surface area contributed by atoms with E-state index in [1.807, 2.05) is 32.0 Å². The minimum absolute atomic E-state index is 0.238. The zero-order valence-corrected chi connectivity index (χ0v) is 10.8. The highest BCUT2D eigenvalue weighted by Crippen LogP contribution is 2.17. The van der Waals surface area contributed by atoms with Gasteiger partial charge in [0.25, 0.3) is 0 Å². The van der Waals surface area contributed by atoms with Crippen LogP contribution < -0.4 is 5.32 Å². The third-order valence-electron chi connectivity index (χ3n) is 2.38. The predicted molar refractivity (Wildman–Crippen MR) is 73.0 cm³/mol. The van der Waals surface area contributed by atoms with E-state index in [4.69, 9.17) is 0 Å². The van der Waals surface area contributed by atoms with Gasteiger partial charge in [-0.15, -0.1) is 5.10 Å². The molecule has 0 saturated carbocycles. The van der Waals surface area contributed by atoms with Crippen molar-refractivity contribution in [2.45, 2.75) is 13.8 Å². The monoisotopic (exact) mass is 244 g/mol. The highest BCUT2D eigenvalue weighted by atomic mass is 16.1. The highest BCUT2D eigenvalue weighted by molar-refractivity contribution is 6.02. The van der Waals surface area contributed by atoms with Crippen molar-refractivity contribution in [3.05, 3.63) is 42.0 Å². The van der Waals surface area contributed by atoms with Crippen LogP contribution in [0.4, 0.5) is 5.69 Å². The van der Waals surface area contributed by atoms with Crippen molar-refractivity contribution in [3.63, 3.8) is 0 Å². The molecule has 0 saturated heterocycles. The summed E-state index contributed by atoms with van der Waals surface area (Å²) >= 11 is 0. The number of hydrogen-bond donors (Lipinski definition) is 1. The smallest absolute Gasteiger partial charge is 0.247 e. The number of benzene rings is 1. The van der Waals surface area contributed by atoms with Gasteiger partial charge >= 0.3 is 0 Å². The average molecular weight is 244 g/mol. The molecule has 0 spiro atoms. The Morgan fingerprint density at radius 2 is 2.17 bits per heavy atom. The molecule has 5 nitrogen and oxygen atoms in total. The lowest BCUT2D eigenvalue weighted by molar-refractivity contribution is -0.111. The third-order valence-corrected chi connectivity index (χ3v) is 2.38. The molecule has 1 amide bonds. The Kier molecular flexibility index (Phi) is 4.92. The lowest BCUT2D eigenvalue weighted by atomic mass is 10.1. The van der Waals surface area contributed by atoms with Crippen LogP contribution in [0.3, 0.4) is 0 Å². The molecule has 0 heterocycles. The maximum absolute atomic E-state index is 11.3. The summed E-state index contributed by atoms with van der Waals surface area (Å²) in [5.74, 6) is -0.238. The summed E-state index contributed by atoms with van der Waals surface area (Å²) in [4.78, 5) is 11.3. The van der Waals surface area contributed by atoms with Gasteiger partial charge in [-0.1, -0.05) is 18.7 Å². The van der Waals surface area contributed by atoms with E-state index in [1.165, 1.54) is 6.08 Å². The van der Waals surface area contributed by atoms with Crippen molar-refractivity contribution in [1.29, 1.82) is 0 Å². The second-order valence-electron chi connectivity index (χ2n) is 3.70. The van der Waals surface area contributed by atoms with Crippen LogP contribution in [0.25, 0.3) is 0 Å². The van der Waals surface area contributed by atoms with Crippen LogP contribution in [0.2, 0.25) is 0 Å². The van der Waals surface area contributed by atoms with E-state index in [1.54, 1.807) is 7.05 Å². The summed E-state index contributed by atoms with van der Waals surface area (Å²) in [5.41, 5.74) is 3.32. The standard InChI is InChI=1S/C13H16N4O/c1-5-13(18)15-12-8-11(7-6-9(12)2)10(3)16-17-14-4/h5-8H,1H2,2-4H3,(H,15,18)/b16-10+,17-14-. The summed E-state index contributed by atoms with van der Waals surface area (Å²) in [6.07, 6.45) is 1.23. The van der Waals surface area contributed by atoms with Gasteiger partial charge in [-0.2, -0.15) is 5.11 Å². The van der Waals surface area contributed by atoms with E-state index in [9.17, 15) is 4.79 Å². The van der Waals surface area contributed by atoms with Gasteiger partial charge in [0.05, 0.1) is 12.8 Å². The van der Waals surface area contributed by atoms with Crippen molar-refractivity contribution in [3.8, 4) is 0 Å². The summed E-state index contributed by atoms with van der Waals surface area (Å²) in [7, 11) is 1.56. The van der Waals surface area contributed by atoms with E-state index >= 15 is 0 Å². The van der Waals surface area contributed by atoms with E-state index in [-0.39, 0.29) is 5.91 Å². The molecular weight excluding hydrogens is 228 g/mol. The Morgan fingerprint density at radius 1 is 1.44 bits per heavy atom. The molecule has 94 valence electrons. The van der Waals surface area contributed by atoms with Crippen LogP contribution in [-0.2, 0) is 4.79 Å². The number of rotatable bonds is 4. The largest absolute Gasteiger partial charge is 0.322 e. The number of aryl methyl sites for hydroxylation is 1. The van der Waals surface area contributed by atoms with Crippen LogP contribution in [0.5, 0.6) is 0 Å². The molecule has 18 heavy (non-hydrogen) atoms. The minimum Gasteiger partial charge on any atom is -0.322 e. The van der Waals surface area contributed by atoms with Gasteiger partial charge < -0.3 is 5.32 Å². The molecule has 0 bridgehead atoms. The molecule has 0 aliphatic heterocycles. The molecule has 1 aromatic carbocycles. The fourth-order valence-corrected chi connectivity index (χ4v) is 1.34. The molecule has 1 rings (SSSR count). The maximum Gasteiger partial charge on any atom is 0.247 e. The quantitative estimate of drug-likeness (QED) is 0.376. The van der Waals surface area contributed by atoms with Gasteiger partial charge in [0, 0.05) is 5.69 Å². The first kappa shape index (κ1) is 13.8. The van der Waals surface area contributed by atoms with Crippen LogP contribution in [-0.4, -0.2) is 18.7 Å². The van der Waals surface area contributed by atoms with Gasteiger partial charge in [-0.3, -0.25) is 4.79 Å². The Hall–Kier alpha value is -2.30. The van der Waals surface area contributed by atoms with Crippen LogP contribution in [0.1, 0.15) is 18.1 Å². The fourth-order valence-electron chi connectivity index (χ4n) is 1.34. The van der Waals surface area contributed by atoms with E-state index in [0.717, 1.165) is 22.5 Å². The third kappa shape index (κ3) is 3.62. The van der Waals surface area contributed by atoms with Crippen molar-refractivity contribution in [2.24, 2.45) is 15.4 Å². The Bertz CT molecular complexity index is 518. The number of nitrogens with zero attached hydrogens (tertiary/aromatic N) is 3. The molecule has 0 aromatic heterocycles. The molecule has 0 aliphatic rings. The van der Waals surface area contributed by atoms with Crippen LogP contribution in [0.15, 0.2) is 46.3 Å². The van der Waals surface area contributed by atoms with Gasteiger partial charge in [-0.25, -0.2) is 0 Å². The number of nitrogens with one attached hydrogen (secondary N) is 1. The topological polar surface area (TPSA) is 66.2 Å². The number of anilines is 1. The van der Waals surface area contributed by atoms with Crippen molar-refractivity contribution in [1.82, 2.24) is 0 Å². The van der Waals surface area contributed by atoms with Crippen molar-refractivity contribution < 1.29 is 4.79 Å². The van der Waals surface area contributed by atoms with Gasteiger partial charge in [0.1, 0.15) is 0 Å². The zero-order valence-electron chi connectivity index (χ0n) is 10.8. The van der Waals surface area contributed by atoms with Gasteiger partial charge in [0.2, 0.25) is 5.91 Å². The highest BCUT2D eigenvalue weighted by Gasteiger charge is 2.05. The second-order valence-corrected chi connectivity index (χ2v) is 3.70. The fraction of sp³-hybridized carbons (Fsp3) is 0.231. The summed E-state index contributed by atoms with van der Waals surface area (Å²) < 4.78 is 0. The maximum atomic E-state index is 11.3. The number of carbonyl (C=O) groups is 1. The molecular formula is C13H16N4O. The minimum atomic E-state index is -0.238. The first-order valence-corrected chi connectivity index (χ1v) is 5.46. The summed E-state index contributed by atoms with van der Waals surface area (Å²) in [6, 6.07) is 5.68. The molecule has 0 radical (unpaired) electrons. The SMILES string of the molecule is C=CC(=O)Nc1cc(/C(C)=N/N=N\C)ccc1C. The lowest BCUT2D eigenvalue weighted by Gasteiger charge is -2.08. The molecule has 5 heteroatoms. The molecule has 0 atom stereocenters. The van der Waals surface area contributed by atoms with Crippen molar-refractivity contribution in [2.75, 3.05) is 12.4 Å². The van der Waals surface area contributed by atoms with Crippen LogP contribution >= 0.6 is 0 Å². The number of hydrogen-bond acceptors (Lipinski definition) is 3. The normalized spacial score (nSPS) is 11.6. The number of amides is 1. The number of carbonyl (C=O) groups excluding carboxylic acids is 1. The summed E-state index contributed by atoms with van der Waals surface area (Å²) in [6.45, 7) is 7.17. The molecule has 0 fully saturated rings. The second kappa shape index (κ2) is 6.44. The van der Waals surface area contributed by atoms with Gasteiger partial charge in [0.15, 0.2) is 0 Å². The molecule has 0 aliphatic carbocycles. The van der Waals surface area contributed by atoms with Gasteiger partial charge in [-0.05, 0) is 42.3 Å². The van der Waals surface area contributed by atoms with E-state index in [2.05, 4.69) is 27.3 Å². The Balaban J connectivity index is 3.07. The molecule has 0 unspecified atom stereocenters. The van der Waals surface area contributed by atoms with E-state index in [0.29, 0.717) is 0 Å².